The van der Waals surface area contributed by atoms with E-state index in [4.69, 9.17) is 4.74 Å². The zero-order chi connectivity index (χ0) is 10.0. The van der Waals surface area contributed by atoms with Crippen LogP contribution in [0.15, 0.2) is 0 Å². The molecule has 4 heteroatoms. The Morgan fingerprint density at radius 1 is 1.71 bits per heavy atom. The molecule has 80 valence electrons. The molecule has 2 N–H and O–H groups in total. The van der Waals surface area contributed by atoms with E-state index in [9.17, 15) is 4.79 Å². The highest BCUT2D eigenvalue weighted by atomic mass is 16.5. The van der Waals surface area contributed by atoms with Gasteiger partial charge < -0.3 is 15.4 Å². The summed E-state index contributed by atoms with van der Waals surface area (Å²) in [4.78, 5) is 11.5. The molecule has 0 radical (unpaired) electrons. The van der Waals surface area contributed by atoms with E-state index in [1.54, 1.807) is 0 Å². The number of amides is 1. The minimum atomic E-state index is 0.0564. The summed E-state index contributed by atoms with van der Waals surface area (Å²) in [5.41, 5.74) is 0.152. The predicted molar refractivity (Wildman–Crippen MR) is 53.0 cm³/mol. The van der Waals surface area contributed by atoms with Crippen LogP contribution in [0.2, 0.25) is 0 Å². The topological polar surface area (TPSA) is 50.4 Å². The quantitative estimate of drug-likeness (QED) is 0.665. The van der Waals surface area contributed by atoms with E-state index >= 15 is 0 Å². The van der Waals surface area contributed by atoms with Crippen molar-refractivity contribution in [1.82, 2.24) is 10.6 Å². The Bertz CT molecular complexity index is 220. The van der Waals surface area contributed by atoms with Crippen LogP contribution in [0.1, 0.15) is 19.8 Å². The second kappa shape index (κ2) is 3.87. The first-order valence-corrected chi connectivity index (χ1v) is 5.28. The summed E-state index contributed by atoms with van der Waals surface area (Å²) in [7, 11) is 0. The number of carbonyl (C=O) groups excluding carboxylic acids is 1. The molecule has 0 aliphatic carbocycles. The summed E-state index contributed by atoms with van der Waals surface area (Å²) in [6, 6.07) is 0.0564. The number of hydrogen-bond donors (Lipinski definition) is 2. The van der Waals surface area contributed by atoms with Crippen LogP contribution in [0, 0.1) is 5.41 Å². The maximum Gasteiger partial charge on any atom is 0.237 e. The van der Waals surface area contributed by atoms with Crippen molar-refractivity contribution in [3.8, 4) is 0 Å². The number of rotatable bonds is 3. The summed E-state index contributed by atoms with van der Waals surface area (Å²) in [6.45, 7) is 5.47. The second-order valence-electron chi connectivity index (χ2n) is 4.63. The molecule has 4 nitrogen and oxygen atoms in total. The standard InChI is InChI=1S/C10H18N2O2/c1-10(3-5-14-7-10)6-12-9(13)8-2-4-11-8/h8,11H,2-7H2,1H3,(H,12,13)/t8-,10?/m1/s1. The van der Waals surface area contributed by atoms with Gasteiger partial charge in [0.05, 0.1) is 12.6 Å². The van der Waals surface area contributed by atoms with Crippen molar-refractivity contribution in [2.75, 3.05) is 26.3 Å². The van der Waals surface area contributed by atoms with E-state index in [1.165, 1.54) is 0 Å². The highest BCUT2D eigenvalue weighted by Crippen LogP contribution is 2.26. The third-order valence-electron chi connectivity index (χ3n) is 3.13. The van der Waals surface area contributed by atoms with Crippen LogP contribution in [0.4, 0.5) is 0 Å². The van der Waals surface area contributed by atoms with E-state index in [-0.39, 0.29) is 17.4 Å². The van der Waals surface area contributed by atoms with Crippen molar-refractivity contribution in [2.24, 2.45) is 5.41 Å². The van der Waals surface area contributed by atoms with Crippen LogP contribution in [0.3, 0.4) is 0 Å². The van der Waals surface area contributed by atoms with Gasteiger partial charge in [-0.05, 0) is 19.4 Å². The van der Waals surface area contributed by atoms with Crippen molar-refractivity contribution >= 4 is 5.91 Å². The lowest BCUT2D eigenvalue weighted by molar-refractivity contribution is -0.125. The van der Waals surface area contributed by atoms with Gasteiger partial charge in [0.25, 0.3) is 0 Å². The molecule has 2 aliphatic rings. The van der Waals surface area contributed by atoms with Crippen LogP contribution in [-0.4, -0.2) is 38.3 Å². The molecule has 1 unspecified atom stereocenters. The van der Waals surface area contributed by atoms with Crippen molar-refractivity contribution in [2.45, 2.75) is 25.8 Å². The molecule has 2 saturated heterocycles. The molecule has 2 fully saturated rings. The summed E-state index contributed by atoms with van der Waals surface area (Å²) in [5.74, 6) is 0.143. The lowest BCUT2D eigenvalue weighted by Gasteiger charge is -2.29. The summed E-state index contributed by atoms with van der Waals surface area (Å²) in [5, 5.41) is 6.08. The molecule has 2 heterocycles. The maximum atomic E-state index is 11.5. The third-order valence-corrected chi connectivity index (χ3v) is 3.13. The normalized spacial score (nSPS) is 36.5. The van der Waals surface area contributed by atoms with Gasteiger partial charge in [0.2, 0.25) is 5.91 Å². The van der Waals surface area contributed by atoms with E-state index in [2.05, 4.69) is 17.6 Å². The third kappa shape index (κ3) is 2.07. The van der Waals surface area contributed by atoms with E-state index in [0.29, 0.717) is 0 Å². The highest BCUT2D eigenvalue weighted by Gasteiger charge is 2.31. The molecule has 0 bridgehead atoms. The first-order valence-electron chi connectivity index (χ1n) is 5.28. The molecule has 0 spiro atoms. The van der Waals surface area contributed by atoms with Crippen LogP contribution in [0.5, 0.6) is 0 Å². The first kappa shape index (κ1) is 9.93. The highest BCUT2D eigenvalue weighted by molar-refractivity contribution is 5.82. The Morgan fingerprint density at radius 3 is 3.00 bits per heavy atom. The van der Waals surface area contributed by atoms with Gasteiger partial charge in [0.1, 0.15) is 0 Å². The Morgan fingerprint density at radius 2 is 2.50 bits per heavy atom. The molecule has 2 aliphatic heterocycles. The van der Waals surface area contributed by atoms with E-state index in [1.807, 2.05) is 0 Å². The largest absolute Gasteiger partial charge is 0.381 e. The minimum Gasteiger partial charge on any atom is -0.381 e. The van der Waals surface area contributed by atoms with Crippen molar-refractivity contribution in [1.29, 1.82) is 0 Å². The van der Waals surface area contributed by atoms with E-state index < -0.39 is 0 Å². The molecule has 0 aromatic rings. The Balaban J connectivity index is 1.72. The average molecular weight is 198 g/mol. The van der Waals surface area contributed by atoms with Gasteiger partial charge in [-0.2, -0.15) is 0 Å². The lowest BCUT2D eigenvalue weighted by atomic mass is 9.90. The van der Waals surface area contributed by atoms with Crippen molar-refractivity contribution in [3.05, 3.63) is 0 Å². The first-order chi connectivity index (χ1) is 6.70. The van der Waals surface area contributed by atoms with Crippen LogP contribution >= 0.6 is 0 Å². The van der Waals surface area contributed by atoms with Gasteiger partial charge in [-0.25, -0.2) is 0 Å². The predicted octanol–water partition coefficient (Wildman–Crippen LogP) is -0.109. The number of nitrogens with one attached hydrogen (secondary N) is 2. The fourth-order valence-electron chi connectivity index (χ4n) is 1.78. The maximum absolute atomic E-state index is 11.5. The van der Waals surface area contributed by atoms with Gasteiger partial charge in [-0.15, -0.1) is 0 Å². The van der Waals surface area contributed by atoms with Crippen LogP contribution in [-0.2, 0) is 9.53 Å². The lowest BCUT2D eigenvalue weighted by Crippen LogP contribution is -2.54. The van der Waals surface area contributed by atoms with Crippen LogP contribution in [0.25, 0.3) is 0 Å². The zero-order valence-electron chi connectivity index (χ0n) is 8.64. The monoisotopic (exact) mass is 198 g/mol. The number of hydrogen-bond acceptors (Lipinski definition) is 3. The zero-order valence-corrected chi connectivity index (χ0v) is 8.64. The molecule has 14 heavy (non-hydrogen) atoms. The molecule has 0 aromatic heterocycles. The van der Waals surface area contributed by atoms with E-state index in [0.717, 1.165) is 39.1 Å². The van der Waals surface area contributed by atoms with Crippen LogP contribution < -0.4 is 10.6 Å². The summed E-state index contributed by atoms with van der Waals surface area (Å²) < 4.78 is 5.33. The SMILES string of the molecule is CC1(CNC(=O)[C@H]2CCN2)CCOC1. The van der Waals surface area contributed by atoms with Gasteiger partial charge in [0.15, 0.2) is 0 Å². The fourth-order valence-corrected chi connectivity index (χ4v) is 1.78. The smallest absolute Gasteiger partial charge is 0.237 e. The van der Waals surface area contributed by atoms with Gasteiger partial charge in [-0.1, -0.05) is 6.92 Å². The van der Waals surface area contributed by atoms with Gasteiger partial charge in [-0.3, -0.25) is 4.79 Å². The molecular formula is C10H18N2O2. The molecular weight excluding hydrogens is 180 g/mol. The van der Waals surface area contributed by atoms with Gasteiger partial charge >= 0.3 is 0 Å². The van der Waals surface area contributed by atoms with Crippen molar-refractivity contribution in [3.63, 3.8) is 0 Å². The number of carbonyl (C=O) groups is 1. The summed E-state index contributed by atoms with van der Waals surface area (Å²) in [6.07, 6.45) is 2.02. The Labute approximate surface area is 84.4 Å². The second-order valence-corrected chi connectivity index (χ2v) is 4.63. The van der Waals surface area contributed by atoms with Gasteiger partial charge in [0, 0.05) is 18.6 Å². The molecule has 1 amide bonds. The Kier molecular flexibility index (Phi) is 2.74. The van der Waals surface area contributed by atoms with Crippen molar-refractivity contribution < 1.29 is 9.53 Å². The Hall–Kier alpha value is -0.610. The molecule has 0 saturated carbocycles. The average Bonchev–Trinajstić information content (AvgIpc) is 2.47. The summed E-state index contributed by atoms with van der Waals surface area (Å²) >= 11 is 0. The molecule has 2 atom stereocenters. The fraction of sp³-hybridized carbons (Fsp3) is 0.900. The number of ether oxygens (including phenoxy) is 1. The molecule has 2 rings (SSSR count). The molecule has 0 aromatic carbocycles. The minimum absolute atomic E-state index is 0.0564.